The highest BCUT2D eigenvalue weighted by atomic mass is 16.3. The summed E-state index contributed by atoms with van der Waals surface area (Å²) in [5, 5.41) is 9.57. The quantitative estimate of drug-likeness (QED) is 0.858. The van der Waals surface area contributed by atoms with Crippen LogP contribution in [0.1, 0.15) is 17.0 Å². The fourth-order valence-corrected chi connectivity index (χ4v) is 2.33. The average molecular weight is 255 g/mol. The summed E-state index contributed by atoms with van der Waals surface area (Å²) in [6, 6.07) is 20.6. The second-order valence-electron chi connectivity index (χ2n) is 4.97. The summed E-state index contributed by atoms with van der Waals surface area (Å²) in [6.07, 6.45) is 0. The van der Waals surface area contributed by atoms with Crippen molar-refractivity contribution in [1.82, 2.24) is 4.90 Å². The zero-order valence-corrected chi connectivity index (χ0v) is 11.4. The number of hydrogen-bond acceptors (Lipinski definition) is 2. The highest BCUT2D eigenvalue weighted by Crippen LogP contribution is 2.16. The lowest BCUT2D eigenvalue weighted by Gasteiger charge is -2.23. The second kappa shape index (κ2) is 7.07. The predicted octanol–water partition coefficient (Wildman–Crippen LogP) is 2.89. The first-order valence-electron chi connectivity index (χ1n) is 6.68. The number of benzene rings is 2. The van der Waals surface area contributed by atoms with Gasteiger partial charge in [-0.2, -0.15) is 0 Å². The lowest BCUT2D eigenvalue weighted by Crippen LogP contribution is -2.26. The van der Waals surface area contributed by atoms with Gasteiger partial charge in [-0.05, 0) is 18.2 Å². The van der Waals surface area contributed by atoms with E-state index in [4.69, 9.17) is 0 Å². The number of likely N-dealkylation sites (N-methyl/N-ethyl adjacent to an activating group) is 1. The Kier molecular flexibility index (Phi) is 5.13. The Labute approximate surface area is 115 Å². The van der Waals surface area contributed by atoms with Gasteiger partial charge in [-0.1, -0.05) is 60.7 Å². The predicted molar refractivity (Wildman–Crippen MR) is 79.0 cm³/mol. The summed E-state index contributed by atoms with van der Waals surface area (Å²) in [7, 11) is 2.10. The molecule has 19 heavy (non-hydrogen) atoms. The van der Waals surface area contributed by atoms with Gasteiger partial charge in [0.05, 0.1) is 6.61 Å². The molecule has 0 aliphatic carbocycles. The Balaban J connectivity index is 1.95. The summed E-state index contributed by atoms with van der Waals surface area (Å²) in [5.41, 5.74) is 2.50. The van der Waals surface area contributed by atoms with Gasteiger partial charge in [0.1, 0.15) is 0 Å². The maximum atomic E-state index is 9.57. The van der Waals surface area contributed by atoms with E-state index >= 15 is 0 Å². The fourth-order valence-electron chi connectivity index (χ4n) is 2.33. The molecular weight excluding hydrogens is 234 g/mol. The van der Waals surface area contributed by atoms with Gasteiger partial charge in [0, 0.05) is 19.0 Å². The van der Waals surface area contributed by atoms with Crippen LogP contribution in [0.4, 0.5) is 0 Å². The maximum absolute atomic E-state index is 9.57. The largest absolute Gasteiger partial charge is 0.396 e. The molecule has 2 heteroatoms. The van der Waals surface area contributed by atoms with Gasteiger partial charge in [0.2, 0.25) is 0 Å². The maximum Gasteiger partial charge on any atom is 0.0512 e. The van der Waals surface area contributed by atoms with E-state index in [1.165, 1.54) is 11.1 Å². The minimum absolute atomic E-state index is 0.176. The van der Waals surface area contributed by atoms with Crippen molar-refractivity contribution >= 4 is 0 Å². The van der Waals surface area contributed by atoms with Crippen molar-refractivity contribution in [2.24, 2.45) is 0 Å². The molecule has 0 spiro atoms. The van der Waals surface area contributed by atoms with Gasteiger partial charge in [-0.25, -0.2) is 0 Å². The van der Waals surface area contributed by atoms with Crippen LogP contribution in [0.2, 0.25) is 0 Å². The van der Waals surface area contributed by atoms with Crippen LogP contribution in [0.3, 0.4) is 0 Å². The van der Waals surface area contributed by atoms with E-state index < -0.39 is 0 Å². The molecule has 0 aliphatic rings. The van der Waals surface area contributed by atoms with Crippen LogP contribution in [-0.2, 0) is 6.54 Å². The van der Waals surface area contributed by atoms with Gasteiger partial charge < -0.3 is 10.0 Å². The average Bonchev–Trinajstić information content (AvgIpc) is 2.47. The number of nitrogens with zero attached hydrogens (tertiary/aromatic N) is 1. The van der Waals surface area contributed by atoms with Crippen LogP contribution in [0.25, 0.3) is 0 Å². The van der Waals surface area contributed by atoms with Crippen molar-refractivity contribution in [1.29, 1.82) is 0 Å². The summed E-state index contributed by atoms with van der Waals surface area (Å²) in [4.78, 5) is 2.25. The van der Waals surface area contributed by atoms with Crippen LogP contribution in [0, 0.1) is 0 Å². The van der Waals surface area contributed by atoms with Crippen LogP contribution in [-0.4, -0.2) is 30.2 Å². The molecule has 0 radical (unpaired) electrons. The van der Waals surface area contributed by atoms with Crippen molar-refractivity contribution in [3.63, 3.8) is 0 Å². The molecule has 0 saturated heterocycles. The van der Waals surface area contributed by atoms with Crippen LogP contribution in [0.5, 0.6) is 0 Å². The van der Waals surface area contributed by atoms with Crippen molar-refractivity contribution in [3.05, 3.63) is 71.8 Å². The molecule has 2 rings (SSSR count). The van der Waals surface area contributed by atoms with E-state index in [0.717, 1.165) is 13.1 Å². The SMILES string of the molecule is CN(Cc1ccccc1)CC(CO)c1ccccc1. The van der Waals surface area contributed by atoms with Crippen molar-refractivity contribution in [2.45, 2.75) is 12.5 Å². The zero-order valence-electron chi connectivity index (χ0n) is 11.4. The normalized spacial score (nSPS) is 12.6. The first-order chi connectivity index (χ1) is 9.29. The van der Waals surface area contributed by atoms with E-state index in [2.05, 4.69) is 48.3 Å². The Morgan fingerprint density at radius 2 is 1.53 bits per heavy atom. The van der Waals surface area contributed by atoms with E-state index in [-0.39, 0.29) is 12.5 Å². The molecule has 2 nitrogen and oxygen atoms in total. The molecule has 1 atom stereocenters. The fraction of sp³-hybridized carbons (Fsp3) is 0.294. The molecule has 0 amide bonds. The van der Waals surface area contributed by atoms with Crippen LogP contribution >= 0.6 is 0 Å². The van der Waals surface area contributed by atoms with Gasteiger partial charge in [0.25, 0.3) is 0 Å². The van der Waals surface area contributed by atoms with Gasteiger partial charge in [0.15, 0.2) is 0 Å². The Bertz CT molecular complexity index is 469. The Hall–Kier alpha value is -1.64. The summed E-state index contributed by atoms with van der Waals surface area (Å²) >= 11 is 0. The van der Waals surface area contributed by atoms with Crippen molar-refractivity contribution < 1.29 is 5.11 Å². The standard InChI is InChI=1S/C17H21NO/c1-18(12-15-8-4-2-5-9-15)13-17(14-19)16-10-6-3-7-11-16/h2-11,17,19H,12-14H2,1H3. The third-order valence-electron chi connectivity index (χ3n) is 3.32. The molecule has 100 valence electrons. The van der Waals surface area contributed by atoms with Gasteiger partial charge in [-0.3, -0.25) is 0 Å². The minimum atomic E-state index is 0.176. The first-order valence-corrected chi connectivity index (χ1v) is 6.68. The molecule has 0 aliphatic heterocycles. The third kappa shape index (κ3) is 4.19. The van der Waals surface area contributed by atoms with Crippen LogP contribution < -0.4 is 0 Å². The van der Waals surface area contributed by atoms with Crippen LogP contribution in [0.15, 0.2) is 60.7 Å². The van der Waals surface area contributed by atoms with Crippen molar-refractivity contribution in [2.75, 3.05) is 20.2 Å². The van der Waals surface area contributed by atoms with E-state index in [9.17, 15) is 5.11 Å². The number of hydrogen-bond donors (Lipinski definition) is 1. The van der Waals surface area contributed by atoms with E-state index in [1.807, 2.05) is 24.3 Å². The summed E-state index contributed by atoms with van der Waals surface area (Å²) in [5.74, 6) is 0.176. The highest BCUT2D eigenvalue weighted by Gasteiger charge is 2.12. The molecule has 1 N–H and O–H groups in total. The molecule has 2 aromatic rings. The van der Waals surface area contributed by atoms with E-state index in [0.29, 0.717) is 0 Å². The lowest BCUT2D eigenvalue weighted by atomic mass is 9.99. The summed E-state index contributed by atoms with van der Waals surface area (Å²) < 4.78 is 0. The van der Waals surface area contributed by atoms with E-state index in [1.54, 1.807) is 0 Å². The first kappa shape index (κ1) is 13.8. The molecular formula is C17H21NO. The number of aliphatic hydroxyl groups is 1. The topological polar surface area (TPSA) is 23.5 Å². The smallest absolute Gasteiger partial charge is 0.0512 e. The van der Waals surface area contributed by atoms with Gasteiger partial charge in [-0.15, -0.1) is 0 Å². The number of aliphatic hydroxyl groups excluding tert-OH is 1. The lowest BCUT2D eigenvalue weighted by molar-refractivity contribution is 0.217. The molecule has 2 aromatic carbocycles. The molecule has 0 aromatic heterocycles. The Morgan fingerprint density at radius 1 is 0.947 bits per heavy atom. The second-order valence-corrected chi connectivity index (χ2v) is 4.97. The zero-order chi connectivity index (χ0) is 13.5. The van der Waals surface area contributed by atoms with Crippen molar-refractivity contribution in [3.8, 4) is 0 Å². The molecule has 1 unspecified atom stereocenters. The number of rotatable bonds is 6. The summed E-state index contributed by atoms with van der Waals surface area (Å²) in [6.45, 7) is 1.95. The van der Waals surface area contributed by atoms with Gasteiger partial charge >= 0.3 is 0 Å². The molecule has 0 heterocycles. The highest BCUT2D eigenvalue weighted by molar-refractivity contribution is 5.20. The molecule has 0 saturated carbocycles. The minimum Gasteiger partial charge on any atom is -0.396 e. The molecule has 0 fully saturated rings. The molecule has 0 bridgehead atoms. The monoisotopic (exact) mass is 255 g/mol. The third-order valence-corrected chi connectivity index (χ3v) is 3.32. The Morgan fingerprint density at radius 3 is 2.11 bits per heavy atom.